The largest absolute Gasteiger partial charge is 0.431 e. The highest BCUT2D eigenvalue weighted by molar-refractivity contribution is 6.00. The molecule has 0 fully saturated rings. The Morgan fingerprint density at radius 3 is 2.44 bits per heavy atom. The number of carbonyl (C=O) groups is 1. The Labute approximate surface area is 140 Å². The quantitative estimate of drug-likeness (QED) is 0.648. The van der Waals surface area contributed by atoms with Crippen LogP contribution in [0.15, 0.2) is 29.4 Å². The second-order valence-electron chi connectivity index (χ2n) is 6.71. The predicted octanol–water partition coefficient (Wildman–Crippen LogP) is 3.09. The number of rotatable bonds is 2. The van der Waals surface area contributed by atoms with E-state index in [1.165, 1.54) is 32.9 Å². The van der Waals surface area contributed by atoms with Gasteiger partial charge >= 0.3 is 6.18 Å². The molecule has 1 amide bonds. The van der Waals surface area contributed by atoms with Crippen LogP contribution in [0, 0.1) is 15.5 Å². The third-order valence-electron chi connectivity index (χ3n) is 4.01. The maximum atomic E-state index is 13.0. The summed E-state index contributed by atoms with van der Waals surface area (Å²) in [6.45, 7) is 4.40. The van der Waals surface area contributed by atoms with E-state index in [1.54, 1.807) is 0 Å². The smallest absolute Gasteiger partial charge is 0.368 e. The summed E-state index contributed by atoms with van der Waals surface area (Å²) < 4.78 is 39.1. The summed E-state index contributed by atoms with van der Waals surface area (Å²) in [6, 6.07) is 4.50. The number of halogens is 3. The average Bonchev–Trinajstić information content (AvgIpc) is 2.85. The van der Waals surface area contributed by atoms with Gasteiger partial charge in [0.05, 0.1) is 4.92 Å². The van der Waals surface area contributed by atoms with Crippen LogP contribution in [0.5, 0.6) is 0 Å². The molecule has 0 spiro atoms. The maximum absolute atomic E-state index is 13.0. The van der Waals surface area contributed by atoms with Crippen LogP contribution in [0.2, 0.25) is 0 Å². The van der Waals surface area contributed by atoms with Crippen LogP contribution in [0.25, 0.3) is 0 Å². The van der Waals surface area contributed by atoms with Crippen LogP contribution in [-0.4, -0.2) is 38.6 Å². The molecule has 7 nitrogen and oxygen atoms in total. The fourth-order valence-electron chi connectivity index (χ4n) is 2.38. The van der Waals surface area contributed by atoms with Gasteiger partial charge in [-0.1, -0.05) is 26.8 Å². The molecule has 0 radical (unpaired) electrons. The summed E-state index contributed by atoms with van der Waals surface area (Å²) >= 11 is 0. The molecule has 1 heterocycles. The molecule has 1 atom stereocenters. The maximum Gasteiger partial charge on any atom is 0.431 e. The minimum absolute atomic E-state index is 0.246. The molecule has 0 saturated heterocycles. The van der Waals surface area contributed by atoms with Crippen molar-refractivity contribution in [1.82, 2.24) is 5.01 Å². The highest BCUT2D eigenvalue weighted by Crippen LogP contribution is 2.44. The van der Waals surface area contributed by atoms with E-state index in [1.807, 2.05) is 0 Å². The van der Waals surface area contributed by atoms with Gasteiger partial charge in [0.1, 0.15) is 5.71 Å². The molecule has 25 heavy (non-hydrogen) atoms. The zero-order valence-corrected chi connectivity index (χ0v) is 13.7. The Balaban J connectivity index is 2.52. The second-order valence-corrected chi connectivity index (χ2v) is 6.71. The molecule has 1 N–H and O–H groups in total. The van der Waals surface area contributed by atoms with Gasteiger partial charge in [0.2, 0.25) is 0 Å². The van der Waals surface area contributed by atoms with E-state index < -0.39 is 46.0 Å². The van der Waals surface area contributed by atoms with E-state index in [2.05, 4.69) is 5.10 Å². The SMILES string of the molecule is CC(C)(C)[C@]1(O)CC(C(F)(F)F)=NN1C(=O)c1cccc([N+](=O)[O-])c1. The van der Waals surface area contributed by atoms with Gasteiger partial charge in [-0.2, -0.15) is 23.3 Å². The molecule has 10 heteroatoms. The van der Waals surface area contributed by atoms with Gasteiger partial charge < -0.3 is 5.11 Å². The summed E-state index contributed by atoms with van der Waals surface area (Å²) in [5.41, 5.74) is -5.31. The van der Waals surface area contributed by atoms with E-state index in [0.29, 0.717) is 5.01 Å². The number of hydrogen-bond donors (Lipinski definition) is 1. The molecule has 1 aliphatic rings. The molecule has 0 aliphatic carbocycles. The van der Waals surface area contributed by atoms with Gasteiger partial charge in [0.25, 0.3) is 11.6 Å². The second kappa shape index (κ2) is 5.80. The summed E-state index contributed by atoms with van der Waals surface area (Å²) in [4.78, 5) is 22.7. The first-order valence-corrected chi connectivity index (χ1v) is 7.23. The van der Waals surface area contributed by atoms with Crippen LogP contribution in [0.4, 0.5) is 18.9 Å². The van der Waals surface area contributed by atoms with E-state index in [-0.39, 0.29) is 5.56 Å². The van der Waals surface area contributed by atoms with Crippen molar-refractivity contribution in [2.24, 2.45) is 10.5 Å². The molecule has 136 valence electrons. The van der Waals surface area contributed by atoms with Crippen molar-refractivity contribution in [2.75, 3.05) is 0 Å². The number of benzene rings is 1. The van der Waals surface area contributed by atoms with Crippen LogP contribution in [-0.2, 0) is 0 Å². The first-order valence-electron chi connectivity index (χ1n) is 7.23. The summed E-state index contributed by atoms with van der Waals surface area (Å²) in [5, 5.41) is 25.3. The number of hydrazone groups is 1. The monoisotopic (exact) mass is 359 g/mol. The van der Waals surface area contributed by atoms with Crippen molar-refractivity contribution in [3.63, 3.8) is 0 Å². The van der Waals surface area contributed by atoms with Gasteiger partial charge in [-0.05, 0) is 6.07 Å². The van der Waals surface area contributed by atoms with Crippen LogP contribution < -0.4 is 0 Å². The van der Waals surface area contributed by atoms with E-state index in [0.717, 1.165) is 12.1 Å². The number of amides is 1. The van der Waals surface area contributed by atoms with Crippen molar-refractivity contribution in [2.45, 2.75) is 39.1 Å². The number of non-ortho nitro benzene ring substituents is 1. The first-order chi connectivity index (χ1) is 11.3. The van der Waals surface area contributed by atoms with Crippen LogP contribution >= 0.6 is 0 Å². The van der Waals surface area contributed by atoms with Gasteiger partial charge in [-0.3, -0.25) is 14.9 Å². The van der Waals surface area contributed by atoms with Crippen molar-refractivity contribution in [1.29, 1.82) is 0 Å². The molecule has 2 rings (SSSR count). The van der Waals surface area contributed by atoms with Gasteiger partial charge in [-0.15, -0.1) is 0 Å². The Morgan fingerprint density at radius 1 is 1.36 bits per heavy atom. The third kappa shape index (κ3) is 3.34. The first kappa shape index (κ1) is 18.8. The minimum atomic E-state index is -4.81. The molecule has 1 aliphatic heterocycles. The van der Waals surface area contributed by atoms with E-state index in [9.17, 15) is 33.2 Å². The molecule has 1 aromatic carbocycles. The lowest BCUT2D eigenvalue weighted by atomic mass is 9.80. The number of alkyl halides is 3. The van der Waals surface area contributed by atoms with E-state index in [4.69, 9.17) is 0 Å². The zero-order valence-electron chi connectivity index (χ0n) is 13.7. The number of hydrogen-bond acceptors (Lipinski definition) is 5. The highest BCUT2D eigenvalue weighted by atomic mass is 19.4. The number of nitro benzene ring substituents is 1. The molecule has 0 unspecified atom stereocenters. The number of carbonyl (C=O) groups excluding carboxylic acids is 1. The number of nitro groups is 1. The fraction of sp³-hybridized carbons (Fsp3) is 0.467. The number of aliphatic hydroxyl groups is 1. The van der Waals surface area contributed by atoms with Crippen molar-refractivity contribution < 1.29 is 28.0 Å². The van der Waals surface area contributed by atoms with Crippen molar-refractivity contribution >= 4 is 17.3 Å². The normalized spacial score (nSPS) is 21.2. The zero-order chi connectivity index (χ0) is 19.2. The van der Waals surface area contributed by atoms with Gasteiger partial charge in [0, 0.05) is 29.5 Å². The Bertz CT molecular complexity index is 755. The predicted molar refractivity (Wildman–Crippen MR) is 81.8 cm³/mol. The lowest BCUT2D eigenvalue weighted by Crippen LogP contribution is -2.55. The van der Waals surface area contributed by atoms with E-state index >= 15 is 0 Å². The minimum Gasteiger partial charge on any atom is -0.368 e. The standard InChI is InChI=1S/C15H16F3N3O4/c1-13(2,3)14(23)8-11(15(16,17)18)19-20(14)12(22)9-5-4-6-10(7-9)21(24)25/h4-7,23H,8H2,1-3H3/t14-/m1/s1. The summed E-state index contributed by atoms with van der Waals surface area (Å²) in [6.07, 6.45) is -5.70. The fourth-order valence-corrected chi connectivity index (χ4v) is 2.38. The summed E-state index contributed by atoms with van der Waals surface area (Å²) in [5.74, 6) is -1.06. The molecule has 1 aromatic rings. The number of nitrogens with zero attached hydrogens (tertiary/aromatic N) is 3. The lowest BCUT2D eigenvalue weighted by Gasteiger charge is -2.41. The Hall–Kier alpha value is -2.49. The molecule has 0 bridgehead atoms. The topological polar surface area (TPSA) is 96.0 Å². The van der Waals surface area contributed by atoms with Gasteiger partial charge in [0.15, 0.2) is 5.72 Å². The molecular formula is C15H16F3N3O4. The highest BCUT2D eigenvalue weighted by Gasteiger charge is 2.57. The van der Waals surface area contributed by atoms with Gasteiger partial charge in [-0.25, -0.2) is 0 Å². The van der Waals surface area contributed by atoms with Crippen molar-refractivity contribution in [3.05, 3.63) is 39.9 Å². The Kier molecular flexibility index (Phi) is 4.37. The third-order valence-corrected chi connectivity index (χ3v) is 4.01. The molecular weight excluding hydrogens is 343 g/mol. The average molecular weight is 359 g/mol. The molecule has 0 aromatic heterocycles. The van der Waals surface area contributed by atoms with Crippen LogP contribution in [0.1, 0.15) is 37.6 Å². The van der Waals surface area contributed by atoms with Crippen LogP contribution in [0.3, 0.4) is 0 Å². The van der Waals surface area contributed by atoms with Crippen molar-refractivity contribution in [3.8, 4) is 0 Å². The molecule has 0 saturated carbocycles. The summed E-state index contributed by atoms with van der Waals surface area (Å²) in [7, 11) is 0. The Morgan fingerprint density at radius 2 is 1.96 bits per heavy atom. The lowest BCUT2D eigenvalue weighted by molar-refractivity contribution is -0.384.